The van der Waals surface area contributed by atoms with Crippen LogP contribution in [0.3, 0.4) is 0 Å². The predicted molar refractivity (Wildman–Crippen MR) is 82.3 cm³/mol. The van der Waals surface area contributed by atoms with Crippen LogP contribution >= 0.6 is 0 Å². The molecule has 1 aliphatic carbocycles. The van der Waals surface area contributed by atoms with Gasteiger partial charge in [-0.1, -0.05) is 0 Å². The molecule has 1 saturated carbocycles. The summed E-state index contributed by atoms with van der Waals surface area (Å²) in [5.41, 5.74) is -0.173. The van der Waals surface area contributed by atoms with Gasteiger partial charge in [0.25, 0.3) is 0 Å². The molecule has 1 heterocycles. The van der Waals surface area contributed by atoms with Crippen LogP contribution in [0, 0.1) is 0 Å². The van der Waals surface area contributed by atoms with E-state index in [9.17, 15) is 14.4 Å². The molecule has 0 aromatic rings. The Labute approximate surface area is 136 Å². The summed E-state index contributed by atoms with van der Waals surface area (Å²) in [6.07, 6.45) is 3.53. The molecule has 0 radical (unpaired) electrons. The van der Waals surface area contributed by atoms with Crippen molar-refractivity contribution in [1.82, 2.24) is 9.80 Å². The van der Waals surface area contributed by atoms with Crippen molar-refractivity contribution in [3.8, 4) is 0 Å². The highest BCUT2D eigenvalue weighted by molar-refractivity contribution is 6.14. The van der Waals surface area contributed by atoms with Crippen LogP contribution in [0.1, 0.15) is 33.6 Å². The van der Waals surface area contributed by atoms with Gasteiger partial charge in [0.1, 0.15) is 0 Å². The molecule has 7 heteroatoms. The van der Waals surface area contributed by atoms with Crippen molar-refractivity contribution in [2.75, 3.05) is 26.3 Å². The van der Waals surface area contributed by atoms with E-state index >= 15 is 0 Å². The topological polar surface area (TPSA) is 76.2 Å². The molecular weight excluding hydrogens is 300 g/mol. The molecule has 2 rings (SSSR count). The van der Waals surface area contributed by atoms with Gasteiger partial charge in [-0.25, -0.2) is 9.59 Å². The zero-order valence-corrected chi connectivity index (χ0v) is 13.9. The van der Waals surface area contributed by atoms with Crippen molar-refractivity contribution in [2.24, 2.45) is 0 Å². The average Bonchev–Trinajstić information content (AvgIpc) is 3.32. The van der Waals surface area contributed by atoms with Gasteiger partial charge in [-0.05, 0) is 33.6 Å². The van der Waals surface area contributed by atoms with Crippen molar-refractivity contribution in [1.29, 1.82) is 0 Å². The zero-order chi connectivity index (χ0) is 17.0. The maximum Gasteiger partial charge on any atom is 0.347 e. The Kier molecular flexibility index (Phi) is 5.63. The molecule has 0 spiro atoms. The van der Waals surface area contributed by atoms with Gasteiger partial charge >= 0.3 is 11.9 Å². The highest BCUT2D eigenvalue weighted by Crippen LogP contribution is 2.29. The summed E-state index contributed by atoms with van der Waals surface area (Å²) >= 11 is 0. The lowest BCUT2D eigenvalue weighted by molar-refractivity contribution is -0.147. The number of amides is 1. The van der Waals surface area contributed by atoms with Crippen molar-refractivity contribution in [3.63, 3.8) is 0 Å². The Hall–Kier alpha value is -2.05. The van der Waals surface area contributed by atoms with E-state index in [0.717, 1.165) is 12.8 Å². The number of hydrogen-bond acceptors (Lipinski definition) is 6. The molecule has 1 atom stereocenters. The van der Waals surface area contributed by atoms with E-state index in [1.54, 1.807) is 18.7 Å². The van der Waals surface area contributed by atoms with Gasteiger partial charge in [-0.2, -0.15) is 0 Å². The molecule has 0 bridgehead atoms. The zero-order valence-electron chi connectivity index (χ0n) is 13.9. The van der Waals surface area contributed by atoms with E-state index in [1.165, 1.54) is 6.20 Å². The minimum absolute atomic E-state index is 0.0205. The monoisotopic (exact) mass is 324 g/mol. The fourth-order valence-corrected chi connectivity index (χ4v) is 2.58. The van der Waals surface area contributed by atoms with E-state index in [2.05, 4.69) is 0 Å². The standard InChI is InChI=1S/C16H24N2O5/c1-4-22-15(20)13(16(21)23-5-2)9-17-10-14(19)18(8-11(17)3)12-6-7-12/h9,11-12H,4-8,10H2,1-3H3/t11-/m0/s1. The molecule has 0 aromatic heterocycles. The summed E-state index contributed by atoms with van der Waals surface area (Å²) in [6, 6.07) is 0.387. The Balaban J connectivity index is 2.14. The molecule has 7 nitrogen and oxygen atoms in total. The summed E-state index contributed by atoms with van der Waals surface area (Å²) in [7, 11) is 0. The van der Waals surface area contributed by atoms with Crippen LogP contribution in [0.5, 0.6) is 0 Å². The van der Waals surface area contributed by atoms with Crippen LogP contribution in [0.25, 0.3) is 0 Å². The first-order valence-corrected chi connectivity index (χ1v) is 8.09. The van der Waals surface area contributed by atoms with Gasteiger partial charge < -0.3 is 19.3 Å². The minimum atomic E-state index is -0.727. The maximum absolute atomic E-state index is 12.2. The summed E-state index contributed by atoms with van der Waals surface area (Å²) in [5.74, 6) is -1.43. The van der Waals surface area contributed by atoms with Crippen molar-refractivity contribution in [3.05, 3.63) is 11.8 Å². The smallest absolute Gasteiger partial charge is 0.347 e. The third-order valence-corrected chi connectivity index (χ3v) is 3.94. The number of piperazine rings is 1. The lowest BCUT2D eigenvalue weighted by atomic mass is 10.1. The lowest BCUT2D eigenvalue weighted by Crippen LogP contribution is -2.54. The number of nitrogens with zero attached hydrogens (tertiary/aromatic N) is 2. The van der Waals surface area contributed by atoms with Gasteiger partial charge in [0.2, 0.25) is 5.91 Å². The minimum Gasteiger partial charge on any atom is -0.462 e. The van der Waals surface area contributed by atoms with Crippen LogP contribution in [-0.4, -0.2) is 66.0 Å². The Morgan fingerprint density at radius 3 is 2.22 bits per heavy atom. The van der Waals surface area contributed by atoms with Gasteiger partial charge in [-0.15, -0.1) is 0 Å². The second-order valence-corrected chi connectivity index (χ2v) is 5.78. The fourth-order valence-electron chi connectivity index (χ4n) is 2.58. The Bertz CT molecular complexity index is 493. The molecule has 2 fully saturated rings. The summed E-state index contributed by atoms with van der Waals surface area (Å²) in [6.45, 7) is 6.38. The molecule has 1 amide bonds. The highest BCUT2D eigenvalue weighted by atomic mass is 16.6. The van der Waals surface area contributed by atoms with Crippen LogP contribution in [0.15, 0.2) is 11.8 Å². The van der Waals surface area contributed by atoms with Crippen molar-refractivity contribution in [2.45, 2.75) is 45.7 Å². The van der Waals surface area contributed by atoms with E-state index in [1.807, 2.05) is 11.8 Å². The van der Waals surface area contributed by atoms with E-state index in [0.29, 0.717) is 12.6 Å². The Morgan fingerprint density at radius 1 is 1.17 bits per heavy atom. The maximum atomic E-state index is 12.2. The summed E-state index contributed by atoms with van der Waals surface area (Å²) in [4.78, 5) is 39.8. The van der Waals surface area contributed by atoms with E-state index in [4.69, 9.17) is 9.47 Å². The number of carbonyl (C=O) groups is 3. The molecule has 128 valence electrons. The van der Waals surface area contributed by atoms with Crippen LogP contribution in [0.4, 0.5) is 0 Å². The van der Waals surface area contributed by atoms with Crippen LogP contribution in [0.2, 0.25) is 0 Å². The molecule has 2 aliphatic rings. The molecule has 23 heavy (non-hydrogen) atoms. The van der Waals surface area contributed by atoms with Gasteiger partial charge in [0, 0.05) is 24.8 Å². The molecule has 0 unspecified atom stereocenters. The third-order valence-electron chi connectivity index (χ3n) is 3.94. The van der Waals surface area contributed by atoms with Crippen molar-refractivity contribution < 1.29 is 23.9 Å². The van der Waals surface area contributed by atoms with Gasteiger partial charge in [0.05, 0.1) is 19.8 Å². The number of carbonyl (C=O) groups excluding carboxylic acids is 3. The second-order valence-electron chi connectivity index (χ2n) is 5.78. The summed E-state index contributed by atoms with van der Waals surface area (Å²) in [5, 5.41) is 0. The number of hydrogen-bond donors (Lipinski definition) is 0. The van der Waals surface area contributed by atoms with E-state index < -0.39 is 11.9 Å². The second kappa shape index (κ2) is 7.48. The van der Waals surface area contributed by atoms with Crippen molar-refractivity contribution >= 4 is 17.8 Å². The Morgan fingerprint density at radius 2 is 1.74 bits per heavy atom. The SMILES string of the molecule is CCOC(=O)C(=CN1CC(=O)N(C2CC2)C[C@@H]1C)C(=O)OCC. The number of ether oxygens (including phenoxy) is 2. The number of esters is 2. The van der Waals surface area contributed by atoms with Crippen LogP contribution < -0.4 is 0 Å². The van der Waals surface area contributed by atoms with Gasteiger partial charge in [-0.3, -0.25) is 4.79 Å². The number of rotatable bonds is 6. The molecular formula is C16H24N2O5. The lowest BCUT2D eigenvalue weighted by Gasteiger charge is -2.39. The van der Waals surface area contributed by atoms with Gasteiger partial charge in [0.15, 0.2) is 5.57 Å². The average molecular weight is 324 g/mol. The largest absolute Gasteiger partial charge is 0.462 e. The van der Waals surface area contributed by atoms with Crippen LogP contribution in [-0.2, 0) is 23.9 Å². The predicted octanol–water partition coefficient (Wildman–Crippen LogP) is 0.692. The quantitative estimate of drug-likeness (QED) is 0.310. The normalized spacial score (nSPS) is 21.0. The molecule has 0 N–H and O–H groups in total. The first-order valence-electron chi connectivity index (χ1n) is 8.09. The first kappa shape index (κ1) is 17.3. The van der Waals surface area contributed by atoms with E-state index in [-0.39, 0.29) is 37.3 Å². The summed E-state index contributed by atoms with van der Waals surface area (Å²) < 4.78 is 9.83. The molecule has 1 saturated heterocycles. The fraction of sp³-hybridized carbons (Fsp3) is 0.688. The third kappa shape index (κ3) is 4.24. The highest BCUT2D eigenvalue weighted by Gasteiger charge is 2.38. The molecule has 0 aromatic carbocycles. The first-order chi connectivity index (χ1) is 11.0. The molecule has 1 aliphatic heterocycles.